The molecule has 0 spiro atoms. The minimum Gasteiger partial charge on any atom is -0.255 e. The fourth-order valence-electron chi connectivity index (χ4n) is 1.30. The Morgan fingerprint density at radius 2 is 1.60 bits per heavy atom. The SMILES string of the molecule is C1=CC(c2ccccc2)=CC1.CC.CF. The van der Waals surface area contributed by atoms with Crippen molar-refractivity contribution in [2.24, 2.45) is 0 Å². The lowest BCUT2D eigenvalue weighted by Gasteiger charge is -1.96. The largest absolute Gasteiger partial charge is 0.255 e. The van der Waals surface area contributed by atoms with Gasteiger partial charge in [0.05, 0.1) is 7.18 Å². The highest BCUT2D eigenvalue weighted by molar-refractivity contribution is 5.76. The molecule has 0 bridgehead atoms. The first-order chi connectivity index (χ1) is 7.47. The van der Waals surface area contributed by atoms with Gasteiger partial charge in [-0.25, -0.2) is 0 Å². The highest BCUT2D eigenvalue weighted by Crippen LogP contribution is 2.20. The number of halogens is 1. The van der Waals surface area contributed by atoms with Crippen LogP contribution >= 0.6 is 0 Å². The maximum absolute atomic E-state index is 9.50. The van der Waals surface area contributed by atoms with Gasteiger partial charge in [-0.1, -0.05) is 62.4 Å². The van der Waals surface area contributed by atoms with Gasteiger partial charge in [0, 0.05) is 0 Å². The fourth-order valence-corrected chi connectivity index (χ4v) is 1.30. The number of hydrogen-bond donors (Lipinski definition) is 0. The van der Waals surface area contributed by atoms with Crippen LogP contribution in [0.4, 0.5) is 4.39 Å². The van der Waals surface area contributed by atoms with E-state index >= 15 is 0 Å². The molecule has 0 fully saturated rings. The van der Waals surface area contributed by atoms with Crippen LogP contribution in [-0.2, 0) is 0 Å². The molecule has 82 valence electrons. The zero-order chi connectivity index (χ0) is 11.5. The molecule has 0 aliphatic heterocycles. The molecule has 0 saturated heterocycles. The molecule has 1 aromatic rings. The summed E-state index contributed by atoms with van der Waals surface area (Å²) in [6.45, 7) is 4.00. The quantitative estimate of drug-likeness (QED) is 0.627. The van der Waals surface area contributed by atoms with E-state index in [9.17, 15) is 4.39 Å². The second-order valence-corrected chi connectivity index (χ2v) is 2.66. The Kier molecular flexibility index (Phi) is 8.36. The molecule has 15 heavy (non-hydrogen) atoms. The lowest BCUT2D eigenvalue weighted by molar-refractivity contribution is 0.636. The van der Waals surface area contributed by atoms with Crippen molar-refractivity contribution in [3.63, 3.8) is 0 Å². The van der Waals surface area contributed by atoms with Crippen molar-refractivity contribution in [1.82, 2.24) is 0 Å². The van der Waals surface area contributed by atoms with Crippen LogP contribution in [0, 0.1) is 0 Å². The number of benzene rings is 1. The summed E-state index contributed by atoms with van der Waals surface area (Å²) in [6.07, 6.45) is 7.69. The zero-order valence-electron chi connectivity index (χ0n) is 9.70. The van der Waals surface area contributed by atoms with Crippen molar-refractivity contribution in [2.75, 3.05) is 7.18 Å². The second kappa shape index (κ2) is 9.20. The van der Waals surface area contributed by atoms with E-state index in [-0.39, 0.29) is 0 Å². The van der Waals surface area contributed by atoms with E-state index in [1.54, 1.807) is 0 Å². The van der Waals surface area contributed by atoms with Gasteiger partial charge in [0.1, 0.15) is 0 Å². The van der Waals surface area contributed by atoms with E-state index < -0.39 is 0 Å². The number of hydrogen-bond acceptors (Lipinski definition) is 0. The molecule has 0 saturated carbocycles. The van der Waals surface area contributed by atoms with Gasteiger partial charge < -0.3 is 0 Å². The summed E-state index contributed by atoms with van der Waals surface area (Å²) >= 11 is 0. The smallest absolute Gasteiger partial charge is 0.0785 e. The zero-order valence-corrected chi connectivity index (χ0v) is 9.70. The lowest BCUT2D eigenvalue weighted by atomic mass is 10.1. The van der Waals surface area contributed by atoms with E-state index in [2.05, 4.69) is 42.5 Å². The molecule has 1 heteroatoms. The van der Waals surface area contributed by atoms with Gasteiger partial charge in [-0.2, -0.15) is 0 Å². The summed E-state index contributed by atoms with van der Waals surface area (Å²) in [6, 6.07) is 10.5. The van der Waals surface area contributed by atoms with E-state index in [4.69, 9.17) is 0 Å². The Morgan fingerprint density at radius 1 is 1.00 bits per heavy atom. The van der Waals surface area contributed by atoms with E-state index in [1.807, 2.05) is 19.9 Å². The number of alkyl halides is 1. The van der Waals surface area contributed by atoms with Gasteiger partial charge in [-0.05, 0) is 17.6 Å². The van der Waals surface area contributed by atoms with Crippen LogP contribution in [0.5, 0.6) is 0 Å². The Labute approximate surface area is 92.1 Å². The van der Waals surface area contributed by atoms with Crippen LogP contribution in [0.1, 0.15) is 25.8 Å². The van der Waals surface area contributed by atoms with Crippen LogP contribution in [-0.4, -0.2) is 7.18 Å². The molecule has 0 heterocycles. The van der Waals surface area contributed by atoms with Gasteiger partial charge >= 0.3 is 0 Å². The van der Waals surface area contributed by atoms with Crippen LogP contribution in [0.15, 0.2) is 48.6 Å². The van der Waals surface area contributed by atoms with E-state index in [1.165, 1.54) is 11.1 Å². The van der Waals surface area contributed by atoms with E-state index in [0.717, 1.165) is 6.42 Å². The van der Waals surface area contributed by atoms with Gasteiger partial charge in [0.25, 0.3) is 0 Å². The van der Waals surface area contributed by atoms with Crippen molar-refractivity contribution in [2.45, 2.75) is 20.3 Å². The summed E-state index contributed by atoms with van der Waals surface area (Å²) in [5.41, 5.74) is 2.67. The average molecular weight is 206 g/mol. The van der Waals surface area contributed by atoms with Gasteiger partial charge in [-0.3, -0.25) is 4.39 Å². The average Bonchev–Trinajstić information content (AvgIpc) is 2.89. The summed E-state index contributed by atoms with van der Waals surface area (Å²) in [4.78, 5) is 0. The van der Waals surface area contributed by atoms with Gasteiger partial charge in [0.2, 0.25) is 0 Å². The van der Waals surface area contributed by atoms with Crippen LogP contribution in [0.25, 0.3) is 5.57 Å². The predicted molar refractivity (Wildman–Crippen MR) is 66.6 cm³/mol. The molecule has 0 amide bonds. The minimum atomic E-state index is 0.500. The lowest BCUT2D eigenvalue weighted by Crippen LogP contribution is -1.75. The van der Waals surface area contributed by atoms with Gasteiger partial charge in [-0.15, -0.1) is 0 Å². The first-order valence-corrected chi connectivity index (χ1v) is 5.27. The monoisotopic (exact) mass is 206 g/mol. The van der Waals surface area contributed by atoms with Crippen LogP contribution < -0.4 is 0 Å². The molecule has 0 nitrogen and oxygen atoms in total. The third-order valence-corrected chi connectivity index (χ3v) is 1.88. The molecule has 0 unspecified atom stereocenters. The maximum atomic E-state index is 9.50. The molecule has 0 radical (unpaired) electrons. The topological polar surface area (TPSA) is 0 Å². The molecule has 0 N–H and O–H groups in total. The first-order valence-electron chi connectivity index (χ1n) is 5.27. The highest BCUT2D eigenvalue weighted by atomic mass is 19.1. The van der Waals surface area contributed by atoms with Crippen molar-refractivity contribution in [3.8, 4) is 0 Å². The third kappa shape index (κ3) is 4.59. The van der Waals surface area contributed by atoms with Crippen LogP contribution in [0.2, 0.25) is 0 Å². The Hall–Kier alpha value is -1.37. The first kappa shape index (κ1) is 13.6. The van der Waals surface area contributed by atoms with Crippen molar-refractivity contribution >= 4 is 5.57 Å². The summed E-state index contributed by atoms with van der Waals surface area (Å²) < 4.78 is 9.50. The summed E-state index contributed by atoms with van der Waals surface area (Å²) in [7, 11) is 0.500. The Balaban J connectivity index is 0.000000442. The van der Waals surface area contributed by atoms with Crippen molar-refractivity contribution in [1.29, 1.82) is 0 Å². The fraction of sp³-hybridized carbons (Fsp3) is 0.286. The highest BCUT2D eigenvalue weighted by Gasteiger charge is 1.98. The molecule has 1 aliphatic rings. The van der Waals surface area contributed by atoms with Crippen molar-refractivity contribution < 1.29 is 4.39 Å². The summed E-state index contributed by atoms with van der Waals surface area (Å²) in [5, 5.41) is 0. The third-order valence-electron chi connectivity index (χ3n) is 1.88. The normalized spacial score (nSPS) is 11.9. The summed E-state index contributed by atoms with van der Waals surface area (Å²) in [5.74, 6) is 0. The van der Waals surface area contributed by atoms with Crippen LogP contribution in [0.3, 0.4) is 0 Å². The number of rotatable bonds is 1. The minimum absolute atomic E-state index is 0.500. The molecule has 1 aliphatic carbocycles. The maximum Gasteiger partial charge on any atom is 0.0785 e. The molecule has 2 rings (SSSR count). The van der Waals surface area contributed by atoms with Crippen molar-refractivity contribution in [3.05, 3.63) is 54.1 Å². The Bertz CT molecular complexity index is 296. The van der Waals surface area contributed by atoms with E-state index in [0.29, 0.717) is 7.18 Å². The van der Waals surface area contributed by atoms with Gasteiger partial charge in [0.15, 0.2) is 0 Å². The molecule has 1 aromatic carbocycles. The molecular weight excluding hydrogens is 187 g/mol. The second-order valence-electron chi connectivity index (χ2n) is 2.66. The molecule has 0 aromatic heterocycles. The molecular formula is C14H19F. The predicted octanol–water partition coefficient (Wildman–Crippen LogP) is 4.64. The number of allylic oxidation sites excluding steroid dienone is 4. The standard InChI is InChI=1S/C11H10.C2H6.CH3F/c1-2-6-10(7-3-1)11-8-4-5-9-11;2*1-2/h1-4,6-9H,5H2;1-2H3;1H3. The Morgan fingerprint density at radius 3 is 2.07 bits per heavy atom. The molecule has 0 atom stereocenters.